The fourth-order valence-corrected chi connectivity index (χ4v) is 3.51. The Labute approximate surface area is 152 Å². The average molecular weight is 363 g/mol. The number of aliphatic hydroxyl groups is 1. The van der Waals surface area contributed by atoms with E-state index < -0.39 is 24.5 Å². The molecule has 0 saturated carbocycles. The summed E-state index contributed by atoms with van der Waals surface area (Å²) in [5.41, 5.74) is 1.43. The minimum absolute atomic E-state index is 0.0322. The van der Waals surface area contributed by atoms with E-state index in [0.29, 0.717) is 11.3 Å². The van der Waals surface area contributed by atoms with E-state index in [-0.39, 0.29) is 12.8 Å². The van der Waals surface area contributed by atoms with E-state index in [1.165, 1.54) is 19.3 Å². The summed E-state index contributed by atoms with van der Waals surface area (Å²) in [4.78, 5) is 24.9. The summed E-state index contributed by atoms with van der Waals surface area (Å²) in [5, 5.41) is 18.9. The van der Waals surface area contributed by atoms with Gasteiger partial charge in [-0.3, -0.25) is 9.69 Å². The summed E-state index contributed by atoms with van der Waals surface area (Å²) >= 11 is 0. The van der Waals surface area contributed by atoms with E-state index in [1.807, 2.05) is 6.07 Å². The van der Waals surface area contributed by atoms with Gasteiger partial charge in [0.25, 0.3) is 0 Å². The Kier molecular flexibility index (Phi) is 6.24. The molecule has 0 aromatic heterocycles. The number of rotatable bonds is 6. The molecule has 0 spiro atoms. The molecule has 2 aliphatic rings. The van der Waals surface area contributed by atoms with Crippen LogP contribution in [-0.4, -0.2) is 59.0 Å². The molecule has 1 aromatic rings. The highest BCUT2D eigenvalue weighted by Gasteiger charge is 2.34. The number of ether oxygens (including phenoxy) is 2. The molecule has 2 fully saturated rings. The smallest absolute Gasteiger partial charge is 0.333 e. The molecule has 7 heteroatoms. The van der Waals surface area contributed by atoms with Crippen molar-refractivity contribution in [3.05, 3.63) is 29.3 Å². The Balaban J connectivity index is 1.67. The van der Waals surface area contributed by atoms with E-state index in [0.717, 1.165) is 31.5 Å². The van der Waals surface area contributed by atoms with Gasteiger partial charge >= 0.3 is 5.97 Å². The van der Waals surface area contributed by atoms with Crippen molar-refractivity contribution in [2.75, 3.05) is 13.1 Å². The lowest BCUT2D eigenvalue weighted by atomic mass is 10.0. The molecule has 3 rings (SSSR count). The zero-order valence-corrected chi connectivity index (χ0v) is 14.7. The van der Waals surface area contributed by atoms with Gasteiger partial charge in [0.15, 0.2) is 12.4 Å². The topological polar surface area (TPSA) is 96.3 Å². The number of carboxylic acid groups (broad SMARTS) is 1. The number of carbonyl (C=O) groups excluding carboxylic acids is 1. The van der Waals surface area contributed by atoms with Crippen LogP contribution in [0.3, 0.4) is 0 Å². The Morgan fingerprint density at radius 1 is 1.27 bits per heavy atom. The second-order valence-corrected chi connectivity index (χ2v) is 6.96. The van der Waals surface area contributed by atoms with Gasteiger partial charge in [0, 0.05) is 19.4 Å². The van der Waals surface area contributed by atoms with Crippen LogP contribution in [0.2, 0.25) is 0 Å². The van der Waals surface area contributed by atoms with Gasteiger partial charge in [-0.05, 0) is 43.6 Å². The third kappa shape index (κ3) is 4.81. The first-order chi connectivity index (χ1) is 12.5. The van der Waals surface area contributed by atoms with Crippen LogP contribution in [0.1, 0.15) is 48.0 Å². The van der Waals surface area contributed by atoms with E-state index in [4.69, 9.17) is 14.6 Å². The van der Waals surface area contributed by atoms with E-state index in [1.54, 1.807) is 12.1 Å². The Hall–Kier alpha value is -1.96. The zero-order valence-electron chi connectivity index (χ0n) is 14.7. The van der Waals surface area contributed by atoms with Crippen molar-refractivity contribution in [2.45, 2.75) is 57.1 Å². The SMILES string of the molecule is O=Cc1cc(CN2CCCCC2)ccc1OC1CC(O)CC(C(=O)O)O1. The number of hydrogen-bond acceptors (Lipinski definition) is 6. The molecular formula is C19H25NO6. The van der Waals surface area contributed by atoms with Crippen LogP contribution in [0.5, 0.6) is 5.75 Å². The van der Waals surface area contributed by atoms with Crippen LogP contribution in [0, 0.1) is 0 Å². The lowest BCUT2D eigenvalue weighted by Gasteiger charge is -2.31. The van der Waals surface area contributed by atoms with Gasteiger partial charge in [-0.2, -0.15) is 0 Å². The highest BCUT2D eigenvalue weighted by molar-refractivity contribution is 5.79. The monoisotopic (exact) mass is 363 g/mol. The average Bonchev–Trinajstić information content (AvgIpc) is 2.63. The summed E-state index contributed by atoms with van der Waals surface area (Å²) in [7, 11) is 0. The first-order valence-electron chi connectivity index (χ1n) is 9.08. The summed E-state index contributed by atoms with van der Waals surface area (Å²) in [6, 6.07) is 5.42. The third-order valence-electron chi connectivity index (χ3n) is 4.86. The molecule has 142 valence electrons. The maximum absolute atomic E-state index is 11.5. The van der Waals surface area contributed by atoms with Crippen molar-refractivity contribution >= 4 is 12.3 Å². The second kappa shape index (κ2) is 8.62. The van der Waals surface area contributed by atoms with E-state index in [2.05, 4.69) is 4.90 Å². The first kappa shape index (κ1) is 18.8. The second-order valence-electron chi connectivity index (χ2n) is 6.96. The molecule has 2 heterocycles. The zero-order chi connectivity index (χ0) is 18.5. The predicted octanol–water partition coefficient (Wildman–Crippen LogP) is 1.81. The van der Waals surface area contributed by atoms with Gasteiger partial charge in [0.05, 0.1) is 11.7 Å². The molecule has 1 aromatic carbocycles. The number of likely N-dealkylation sites (tertiary alicyclic amines) is 1. The maximum Gasteiger partial charge on any atom is 0.333 e. The minimum Gasteiger partial charge on any atom is -0.479 e. The van der Waals surface area contributed by atoms with Gasteiger partial charge in [0.1, 0.15) is 5.75 Å². The maximum atomic E-state index is 11.5. The summed E-state index contributed by atoms with van der Waals surface area (Å²) in [6.45, 7) is 2.93. The largest absolute Gasteiger partial charge is 0.479 e. The van der Waals surface area contributed by atoms with Gasteiger partial charge in [-0.15, -0.1) is 0 Å². The van der Waals surface area contributed by atoms with Crippen molar-refractivity contribution in [1.82, 2.24) is 4.90 Å². The molecule has 0 aliphatic carbocycles. The van der Waals surface area contributed by atoms with Gasteiger partial charge in [-0.25, -0.2) is 4.79 Å². The van der Waals surface area contributed by atoms with Crippen LogP contribution in [0.4, 0.5) is 0 Å². The Morgan fingerprint density at radius 3 is 2.73 bits per heavy atom. The van der Waals surface area contributed by atoms with E-state index >= 15 is 0 Å². The number of aliphatic hydroxyl groups excluding tert-OH is 1. The first-order valence-corrected chi connectivity index (χ1v) is 9.08. The summed E-state index contributed by atoms with van der Waals surface area (Å²) in [5.74, 6) is -0.796. The third-order valence-corrected chi connectivity index (χ3v) is 4.86. The molecule has 0 bridgehead atoms. The van der Waals surface area contributed by atoms with Crippen molar-refractivity contribution in [3.63, 3.8) is 0 Å². The Morgan fingerprint density at radius 2 is 2.04 bits per heavy atom. The minimum atomic E-state index is -1.13. The molecule has 2 saturated heterocycles. The molecule has 3 unspecified atom stereocenters. The van der Waals surface area contributed by atoms with Crippen LogP contribution >= 0.6 is 0 Å². The van der Waals surface area contributed by atoms with Crippen molar-refractivity contribution in [3.8, 4) is 5.75 Å². The lowest BCUT2D eigenvalue weighted by molar-refractivity contribution is -0.195. The molecule has 26 heavy (non-hydrogen) atoms. The van der Waals surface area contributed by atoms with Crippen molar-refractivity contribution in [2.24, 2.45) is 0 Å². The van der Waals surface area contributed by atoms with Gasteiger partial charge in [-0.1, -0.05) is 12.5 Å². The number of carboxylic acids is 1. The normalized spacial score (nSPS) is 27.0. The predicted molar refractivity (Wildman–Crippen MR) is 93.1 cm³/mol. The summed E-state index contributed by atoms with van der Waals surface area (Å²) in [6.07, 6.45) is 1.78. The highest BCUT2D eigenvalue weighted by Crippen LogP contribution is 2.26. The molecule has 3 atom stereocenters. The van der Waals surface area contributed by atoms with Gasteiger partial charge in [0.2, 0.25) is 6.29 Å². The highest BCUT2D eigenvalue weighted by atomic mass is 16.7. The molecular weight excluding hydrogens is 338 g/mol. The summed E-state index contributed by atoms with van der Waals surface area (Å²) < 4.78 is 11.1. The standard InChI is InChI=1S/C19H25NO6/c21-12-14-8-13(11-20-6-2-1-3-7-20)4-5-16(14)25-18-10-15(22)9-17(26-18)19(23)24/h4-5,8,12,15,17-18,22H,1-3,6-7,9-11H2,(H,23,24). The quantitative estimate of drug-likeness (QED) is 0.744. The number of carbonyl (C=O) groups is 2. The molecule has 2 aliphatic heterocycles. The number of hydrogen-bond donors (Lipinski definition) is 2. The van der Waals surface area contributed by atoms with Crippen molar-refractivity contribution in [1.29, 1.82) is 0 Å². The van der Waals surface area contributed by atoms with Gasteiger partial charge < -0.3 is 19.7 Å². The van der Waals surface area contributed by atoms with Crippen molar-refractivity contribution < 1.29 is 29.3 Å². The number of piperidine rings is 1. The van der Waals surface area contributed by atoms with Crippen LogP contribution in [0.25, 0.3) is 0 Å². The number of benzene rings is 1. The molecule has 0 amide bonds. The van der Waals surface area contributed by atoms with Crippen LogP contribution in [-0.2, 0) is 16.1 Å². The molecule has 7 nitrogen and oxygen atoms in total. The Bertz CT molecular complexity index is 643. The fraction of sp³-hybridized carbons (Fsp3) is 0.579. The number of aliphatic carboxylic acids is 1. The number of nitrogens with zero attached hydrogens (tertiary/aromatic N) is 1. The lowest BCUT2D eigenvalue weighted by Crippen LogP contribution is -2.42. The van der Waals surface area contributed by atoms with E-state index in [9.17, 15) is 14.7 Å². The van der Waals surface area contributed by atoms with Crippen LogP contribution in [0.15, 0.2) is 18.2 Å². The molecule has 0 radical (unpaired) electrons. The molecule has 2 N–H and O–H groups in total. The number of aldehydes is 1. The van der Waals surface area contributed by atoms with Crippen LogP contribution < -0.4 is 4.74 Å². The fourth-order valence-electron chi connectivity index (χ4n) is 3.51.